The van der Waals surface area contributed by atoms with Gasteiger partial charge in [0.15, 0.2) is 11.6 Å². The first-order chi connectivity index (χ1) is 6.92. The Kier molecular flexibility index (Phi) is 2.76. The Bertz CT molecular complexity index is 300. The summed E-state index contributed by atoms with van der Waals surface area (Å²) in [5, 5.41) is 0. The molecule has 2 rings (SSSR count). The van der Waals surface area contributed by atoms with Crippen LogP contribution in [-0.4, -0.2) is 36.3 Å². The van der Waals surface area contributed by atoms with Crippen molar-refractivity contribution in [1.82, 2.24) is 9.97 Å². The van der Waals surface area contributed by atoms with Crippen molar-refractivity contribution in [2.75, 3.05) is 36.6 Å². The van der Waals surface area contributed by atoms with Crippen LogP contribution in [0.25, 0.3) is 0 Å². The van der Waals surface area contributed by atoms with E-state index in [4.69, 9.17) is 10.6 Å². The van der Waals surface area contributed by atoms with Gasteiger partial charge < -0.3 is 15.1 Å². The topological polar surface area (TPSA) is 76.3 Å². The highest BCUT2D eigenvalue weighted by atomic mass is 16.5. The molecule has 0 saturated carbocycles. The maximum atomic E-state index is 5.35. The fourth-order valence-corrected chi connectivity index (χ4v) is 1.44. The minimum absolute atomic E-state index is 0.606. The second-order valence-electron chi connectivity index (χ2n) is 2.97. The van der Waals surface area contributed by atoms with Crippen molar-refractivity contribution in [1.29, 1.82) is 0 Å². The molecule has 6 heteroatoms. The normalized spacial score (nSPS) is 16.8. The van der Waals surface area contributed by atoms with Crippen LogP contribution in [-0.2, 0) is 4.74 Å². The van der Waals surface area contributed by atoms with Crippen molar-refractivity contribution in [2.45, 2.75) is 0 Å². The molecule has 1 aliphatic heterocycles. The van der Waals surface area contributed by atoms with Crippen molar-refractivity contribution in [3.8, 4) is 0 Å². The number of aromatic nitrogens is 2. The van der Waals surface area contributed by atoms with E-state index in [1.54, 1.807) is 12.4 Å². The third-order valence-corrected chi connectivity index (χ3v) is 2.13. The Labute approximate surface area is 82.1 Å². The van der Waals surface area contributed by atoms with Crippen LogP contribution in [0.2, 0.25) is 0 Å². The smallest absolute Gasteiger partial charge is 0.183 e. The van der Waals surface area contributed by atoms with Crippen LogP contribution >= 0.6 is 0 Å². The molecule has 0 aromatic carbocycles. The molecule has 0 atom stereocenters. The number of hydrogen-bond donors (Lipinski definition) is 2. The molecule has 14 heavy (non-hydrogen) atoms. The van der Waals surface area contributed by atoms with Gasteiger partial charge in [-0.3, -0.25) is 0 Å². The first kappa shape index (κ1) is 9.17. The molecule has 1 fully saturated rings. The predicted molar refractivity (Wildman–Crippen MR) is 52.9 cm³/mol. The lowest BCUT2D eigenvalue weighted by Gasteiger charge is -2.28. The summed E-state index contributed by atoms with van der Waals surface area (Å²) >= 11 is 0. The van der Waals surface area contributed by atoms with Crippen molar-refractivity contribution in [3.63, 3.8) is 0 Å². The van der Waals surface area contributed by atoms with Crippen LogP contribution in [0.15, 0.2) is 12.4 Å². The average molecular weight is 195 g/mol. The molecule has 2 heterocycles. The highest BCUT2D eigenvalue weighted by Gasteiger charge is 2.15. The molecule has 0 bridgehead atoms. The van der Waals surface area contributed by atoms with E-state index in [9.17, 15) is 0 Å². The Morgan fingerprint density at radius 2 is 2.00 bits per heavy atom. The maximum Gasteiger partial charge on any atom is 0.183 e. The second-order valence-corrected chi connectivity index (χ2v) is 2.97. The number of ether oxygens (including phenoxy) is 1. The molecule has 1 aromatic heterocycles. The van der Waals surface area contributed by atoms with E-state index >= 15 is 0 Å². The Morgan fingerprint density at radius 3 is 2.71 bits per heavy atom. The van der Waals surface area contributed by atoms with Gasteiger partial charge >= 0.3 is 0 Å². The van der Waals surface area contributed by atoms with E-state index in [0.29, 0.717) is 5.82 Å². The van der Waals surface area contributed by atoms with Crippen LogP contribution in [0, 0.1) is 0 Å². The van der Waals surface area contributed by atoms with Crippen molar-refractivity contribution < 1.29 is 4.74 Å². The lowest BCUT2D eigenvalue weighted by molar-refractivity contribution is 0.122. The number of rotatable bonds is 2. The molecule has 1 aromatic rings. The molecule has 76 valence electrons. The number of morpholine rings is 1. The summed E-state index contributed by atoms with van der Waals surface area (Å²) in [6.07, 6.45) is 3.27. The zero-order valence-corrected chi connectivity index (χ0v) is 7.81. The molecule has 1 aliphatic rings. The van der Waals surface area contributed by atoms with Crippen LogP contribution in [0.1, 0.15) is 0 Å². The highest BCUT2D eigenvalue weighted by molar-refractivity contribution is 5.59. The fourth-order valence-electron chi connectivity index (χ4n) is 1.44. The summed E-state index contributed by atoms with van der Waals surface area (Å²) in [7, 11) is 0. The van der Waals surface area contributed by atoms with Gasteiger partial charge in [0.25, 0.3) is 0 Å². The van der Waals surface area contributed by atoms with Gasteiger partial charge in [-0.1, -0.05) is 0 Å². The van der Waals surface area contributed by atoms with Crippen LogP contribution in [0.5, 0.6) is 0 Å². The molecular formula is C8H13N5O. The third-order valence-electron chi connectivity index (χ3n) is 2.13. The standard InChI is InChI=1S/C8H13N5O/c9-12-7-8(11-2-1-10-7)13-3-5-14-6-4-13/h1-2H,3-6,9H2,(H,10,12). The van der Waals surface area contributed by atoms with Gasteiger partial charge in [0.05, 0.1) is 13.2 Å². The molecule has 0 unspecified atom stereocenters. The summed E-state index contributed by atoms with van der Waals surface area (Å²) in [6.45, 7) is 3.10. The van der Waals surface area contributed by atoms with Gasteiger partial charge in [0, 0.05) is 25.5 Å². The van der Waals surface area contributed by atoms with Gasteiger partial charge in [0.1, 0.15) is 0 Å². The number of nitrogens with two attached hydrogens (primary N) is 1. The SMILES string of the molecule is NNc1nccnc1N1CCOCC1. The molecule has 0 aliphatic carbocycles. The summed E-state index contributed by atoms with van der Waals surface area (Å²) in [5.74, 6) is 6.74. The molecular weight excluding hydrogens is 182 g/mol. The largest absolute Gasteiger partial charge is 0.378 e. The number of hydrogen-bond acceptors (Lipinski definition) is 6. The van der Waals surface area contributed by atoms with Crippen molar-refractivity contribution in [3.05, 3.63) is 12.4 Å². The van der Waals surface area contributed by atoms with E-state index in [1.165, 1.54) is 0 Å². The molecule has 0 radical (unpaired) electrons. The first-order valence-corrected chi connectivity index (χ1v) is 4.52. The molecule has 3 N–H and O–H groups in total. The number of nitrogen functional groups attached to an aromatic ring is 1. The zero-order chi connectivity index (χ0) is 9.80. The number of anilines is 2. The number of nitrogens with one attached hydrogen (secondary N) is 1. The van der Waals surface area contributed by atoms with Crippen LogP contribution < -0.4 is 16.2 Å². The van der Waals surface area contributed by atoms with E-state index in [2.05, 4.69) is 20.3 Å². The van der Waals surface area contributed by atoms with Crippen molar-refractivity contribution >= 4 is 11.6 Å². The monoisotopic (exact) mass is 195 g/mol. The quantitative estimate of drug-likeness (QED) is 0.494. The minimum atomic E-state index is 0.606. The summed E-state index contributed by atoms with van der Waals surface area (Å²) in [4.78, 5) is 10.4. The van der Waals surface area contributed by atoms with Gasteiger partial charge in [-0.05, 0) is 0 Å². The predicted octanol–water partition coefficient (Wildman–Crippen LogP) is -0.401. The second kappa shape index (κ2) is 4.21. The van der Waals surface area contributed by atoms with Crippen LogP contribution in [0.4, 0.5) is 11.6 Å². The van der Waals surface area contributed by atoms with Gasteiger partial charge in [0.2, 0.25) is 0 Å². The number of nitrogens with zero attached hydrogens (tertiary/aromatic N) is 3. The maximum absolute atomic E-state index is 5.35. The molecule has 1 saturated heterocycles. The van der Waals surface area contributed by atoms with Crippen molar-refractivity contribution in [2.24, 2.45) is 5.84 Å². The van der Waals surface area contributed by atoms with E-state index in [-0.39, 0.29) is 0 Å². The Hall–Kier alpha value is -1.40. The van der Waals surface area contributed by atoms with Gasteiger partial charge in [-0.25, -0.2) is 15.8 Å². The average Bonchev–Trinajstić information content (AvgIpc) is 2.30. The minimum Gasteiger partial charge on any atom is -0.378 e. The lowest BCUT2D eigenvalue weighted by atomic mass is 10.4. The van der Waals surface area contributed by atoms with E-state index < -0.39 is 0 Å². The van der Waals surface area contributed by atoms with Crippen LogP contribution in [0.3, 0.4) is 0 Å². The Morgan fingerprint density at radius 1 is 1.29 bits per heavy atom. The third kappa shape index (κ3) is 1.75. The Balaban J connectivity index is 2.20. The van der Waals surface area contributed by atoms with E-state index in [1.807, 2.05) is 0 Å². The van der Waals surface area contributed by atoms with E-state index in [0.717, 1.165) is 32.1 Å². The summed E-state index contributed by atoms with van der Waals surface area (Å²) in [5.41, 5.74) is 2.54. The fraction of sp³-hybridized carbons (Fsp3) is 0.500. The molecule has 6 nitrogen and oxygen atoms in total. The molecule has 0 amide bonds. The zero-order valence-electron chi connectivity index (χ0n) is 7.81. The van der Waals surface area contributed by atoms with Gasteiger partial charge in [-0.2, -0.15) is 0 Å². The van der Waals surface area contributed by atoms with Gasteiger partial charge in [-0.15, -0.1) is 0 Å². The number of hydrazine groups is 1. The first-order valence-electron chi connectivity index (χ1n) is 4.52. The summed E-state index contributed by atoms with van der Waals surface area (Å²) in [6, 6.07) is 0. The molecule has 0 spiro atoms. The lowest BCUT2D eigenvalue weighted by Crippen LogP contribution is -2.37. The highest BCUT2D eigenvalue weighted by Crippen LogP contribution is 2.19. The summed E-state index contributed by atoms with van der Waals surface area (Å²) < 4.78 is 5.25.